The zero-order valence-electron chi connectivity index (χ0n) is 11.9. The minimum absolute atomic E-state index is 0.787. The van der Waals surface area contributed by atoms with Gasteiger partial charge in [0.15, 0.2) is 0 Å². The van der Waals surface area contributed by atoms with Gasteiger partial charge in [0, 0.05) is 6.54 Å². The predicted molar refractivity (Wildman–Crippen MR) is 74.4 cm³/mol. The third-order valence-corrected chi connectivity index (χ3v) is 3.89. The molecule has 3 unspecified atom stereocenters. The highest BCUT2D eigenvalue weighted by atomic mass is 14.8. The van der Waals surface area contributed by atoms with Crippen LogP contribution in [-0.2, 0) is 0 Å². The molecule has 3 atom stereocenters. The zero-order valence-corrected chi connectivity index (χ0v) is 11.9. The third kappa shape index (κ3) is 6.19. The van der Waals surface area contributed by atoms with Gasteiger partial charge < -0.3 is 5.32 Å². The summed E-state index contributed by atoms with van der Waals surface area (Å²) in [6.45, 7) is 16.5. The van der Waals surface area contributed by atoms with E-state index >= 15 is 0 Å². The summed E-state index contributed by atoms with van der Waals surface area (Å²) in [5, 5.41) is 3.30. The van der Waals surface area contributed by atoms with Crippen molar-refractivity contribution >= 4 is 0 Å². The van der Waals surface area contributed by atoms with E-state index in [2.05, 4.69) is 46.5 Å². The molecule has 1 N–H and O–H groups in total. The molecule has 0 bridgehead atoms. The number of hydrogen-bond acceptors (Lipinski definition) is 1. The third-order valence-electron chi connectivity index (χ3n) is 3.89. The van der Waals surface area contributed by atoms with E-state index in [0.29, 0.717) is 0 Å². The van der Waals surface area contributed by atoms with E-state index in [0.717, 1.165) is 30.2 Å². The first-order valence-corrected chi connectivity index (χ1v) is 6.87. The van der Waals surface area contributed by atoms with Crippen LogP contribution in [0.2, 0.25) is 0 Å². The van der Waals surface area contributed by atoms with Gasteiger partial charge in [0.05, 0.1) is 0 Å². The SMILES string of the molecule is C=CNCC(CC(C)C(C)C)C(C)CCC. The molecule has 96 valence electrons. The van der Waals surface area contributed by atoms with Gasteiger partial charge in [0.1, 0.15) is 0 Å². The van der Waals surface area contributed by atoms with Gasteiger partial charge in [0.25, 0.3) is 0 Å². The number of nitrogens with one attached hydrogen (secondary N) is 1. The topological polar surface area (TPSA) is 12.0 Å². The van der Waals surface area contributed by atoms with Gasteiger partial charge in [-0.1, -0.05) is 54.0 Å². The molecule has 0 aliphatic carbocycles. The van der Waals surface area contributed by atoms with Crippen LogP contribution >= 0.6 is 0 Å². The van der Waals surface area contributed by atoms with Gasteiger partial charge in [-0.25, -0.2) is 0 Å². The van der Waals surface area contributed by atoms with Crippen LogP contribution in [0.4, 0.5) is 0 Å². The highest BCUT2D eigenvalue weighted by Gasteiger charge is 2.20. The van der Waals surface area contributed by atoms with Crippen molar-refractivity contribution in [2.45, 2.75) is 53.9 Å². The smallest absolute Gasteiger partial charge is 0.0172 e. The van der Waals surface area contributed by atoms with Crippen molar-refractivity contribution in [3.8, 4) is 0 Å². The average molecular weight is 225 g/mol. The van der Waals surface area contributed by atoms with Gasteiger partial charge in [-0.15, -0.1) is 0 Å². The minimum Gasteiger partial charge on any atom is -0.391 e. The molecule has 0 aromatic rings. The lowest BCUT2D eigenvalue weighted by atomic mass is 9.80. The maximum Gasteiger partial charge on any atom is 0.0172 e. The van der Waals surface area contributed by atoms with Crippen LogP contribution < -0.4 is 5.32 Å². The summed E-state index contributed by atoms with van der Waals surface area (Å²) >= 11 is 0. The zero-order chi connectivity index (χ0) is 12.6. The molecular formula is C15H31N. The van der Waals surface area contributed by atoms with Crippen molar-refractivity contribution in [2.75, 3.05) is 6.54 Å². The second-order valence-electron chi connectivity index (χ2n) is 5.60. The first-order valence-electron chi connectivity index (χ1n) is 6.87. The average Bonchev–Trinajstić information content (AvgIpc) is 2.23. The maximum atomic E-state index is 3.74. The molecule has 0 amide bonds. The first kappa shape index (κ1) is 15.5. The van der Waals surface area contributed by atoms with E-state index in [1.54, 1.807) is 0 Å². The Morgan fingerprint density at radius 3 is 2.19 bits per heavy atom. The van der Waals surface area contributed by atoms with E-state index in [4.69, 9.17) is 0 Å². The van der Waals surface area contributed by atoms with Crippen LogP contribution in [0.25, 0.3) is 0 Å². The van der Waals surface area contributed by atoms with Crippen molar-refractivity contribution in [3.63, 3.8) is 0 Å². The molecular weight excluding hydrogens is 194 g/mol. The van der Waals surface area contributed by atoms with Crippen LogP contribution in [0.1, 0.15) is 53.9 Å². The van der Waals surface area contributed by atoms with Gasteiger partial charge in [-0.2, -0.15) is 0 Å². The van der Waals surface area contributed by atoms with Gasteiger partial charge in [0.2, 0.25) is 0 Å². The lowest BCUT2D eigenvalue weighted by molar-refractivity contribution is 0.243. The monoisotopic (exact) mass is 225 g/mol. The molecule has 0 fully saturated rings. The van der Waals surface area contributed by atoms with Crippen molar-refractivity contribution in [3.05, 3.63) is 12.8 Å². The van der Waals surface area contributed by atoms with E-state index in [1.807, 2.05) is 6.20 Å². The molecule has 0 saturated carbocycles. The van der Waals surface area contributed by atoms with Crippen LogP contribution in [0.5, 0.6) is 0 Å². The summed E-state index contributed by atoms with van der Waals surface area (Å²) in [5.41, 5.74) is 0. The van der Waals surface area contributed by atoms with E-state index in [-0.39, 0.29) is 0 Å². The lowest BCUT2D eigenvalue weighted by Crippen LogP contribution is -2.26. The Morgan fingerprint density at radius 1 is 1.12 bits per heavy atom. The molecule has 0 saturated heterocycles. The predicted octanol–water partition coefficient (Wildman–Crippen LogP) is 4.45. The number of hydrogen-bond donors (Lipinski definition) is 1. The van der Waals surface area contributed by atoms with Crippen molar-refractivity contribution in [1.82, 2.24) is 5.32 Å². The number of rotatable bonds is 9. The maximum absolute atomic E-state index is 3.74. The van der Waals surface area contributed by atoms with Crippen LogP contribution in [0.15, 0.2) is 12.8 Å². The second-order valence-corrected chi connectivity index (χ2v) is 5.60. The van der Waals surface area contributed by atoms with Gasteiger partial charge in [-0.05, 0) is 36.3 Å². The summed E-state index contributed by atoms with van der Waals surface area (Å²) in [7, 11) is 0. The summed E-state index contributed by atoms with van der Waals surface area (Å²) in [5.74, 6) is 3.21. The second kappa shape index (κ2) is 8.66. The van der Waals surface area contributed by atoms with Gasteiger partial charge in [-0.3, -0.25) is 0 Å². The molecule has 0 spiro atoms. The fraction of sp³-hybridized carbons (Fsp3) is 0.867. The fourth-order valence-electron chi connectivity index (χ4n) is 2.19. The summed E-state index contributed by atoms with van der Waals surface area (Å²) in [6, 6.07) is 0. The Kier molecular flexibility index (Phi) is 8.42. The lowest BCUT2D eigenvalue weighted by Gasteiger charge is -2.28. The normalized spacial score (nSPS) is 16.9. The van der Waals surface area contributed by atoms with Crippen molar-refractivity contribution in [1.29, 1.82) is 0 Å². The molecule has 1 heteroatoms. The molecule has 0 aromatic heterocycles. The molecule has 0 aliphatic heterocycles. The minimum atomic E-state index is 0.787. The summed E-state index contributed by atoms with van der Waals surface area (Å²) < 4.78 is 0. The van der Waals surface area contributed by atoms with E-state index in [1.165, 1.54) is 19.3 Å². The van der Waals surface area contributed by atoms with E-state index < -0.39 is 0 Å². The molecule has 0 aliphatic rings. The standard InChI is InChI=1S/C15H31N/c1-7-9-13(5)15(11-16-8-2)10-14(6)12(3)4/h8,12-16H,2,7,9-11H2,1,3-6H3. The molecule has 1 nitrogen and oxygen atoms in total. The Morgan fingerprint density at radius 2 is 1.75 bits per heavy atom. The molecule has 16 heavy (non-hydrogen) atoms. The molecule has 0 heterocycles. The van der Waals surface area contributed by atoms with Crippen molar-refractivity contribution < 1.29 is 0 Å². The van der Waals surface area contributed by atoms with Gasteiger partial charge >= 0.3 is 0 Å². The Hall–Kier alpha value is -0.460. The van der Waals surface area contributed by atoms with Crippen LogP contribution in [0, 0.1) is 23.7 Å². The van der Waals surface area contributed by atoms with E-state index in [9.17, 15) is 0 Å². The Balaban J connectivity index is 4.23. The Labute approximate surface area is 103 Å². The first-order chi connectivity index (χ1) is 7.52. The summed E-state index contributed by atoms with van der Waals surface area (Å²) in [4.78, 5) is 0. The molecule has 0 radical (unpaired) electrons. The van der Waals surface area contributed by atoms with Crippen LogP contribution in [-0.4, -0.2) is 6.54 Å². The molecule has 0 aromatic carbocycles. The highest BCUT2D eigenvalue weighted by Crippen LogP contribution is 2.27. The molecule has 0 rings (SSSR count). The quantitative estimate of drug-likeness (QED) is 0.611. The largest absolute Gasteiger partial charge is 0.391 e. The summed E-state index contributed by atoms with van der Waals surface area (Å²) in [6.07, 6.45) is 5.79. The Bertz CT molecular complexity index is 174. The fourth-order valence-corrected chi connectivity index (χ4v) is 2.19. The van der Waals surface area contributed by atoms with Crippen molar-refractivity contribution in [2.24, 2.45) is 23.7 Å². The van der Waals surface area contributed by atoms with Crippen LogP contribution in [0.3, 0.4) is 0 Å². The highest BCUT2D eigenvalue weighted by molar-refractivity contribution is 4.75.